The summed E-state index contributed by atoms with van der Waals surface area (Å²) in [4.78, 5) is 31.8. The number of carboxylic acids is 1. The molecule has 0 amide bonds. The van der Waals surface area contributed by atoms with Gasteiger partial charge in [-0.25, -0.2) is 15.0 Å². The first-order valence-corrected chi connectivity index (χ1v) is 15.1. The number of benzene rings is 1. The molecule has 3 saturated heterocycles. The van der Waals surface area contributed by atoms with Gasteiger partial charge in [-0.2, -0.15) is 0 Å². The molecular weight excluding hydrogens is 579 g/mol. The van der Waals surface area contributed by atoms with E-state index in [9.17, 15) is 9.90 Å². The van der Waals surface area contributed by atoms with Gasteiger partial charge in [0.05, 0.1) is 30.2 Å². The maximum absolute atomic E-state index is 11.1. The van der Waals surface area contributed by atoms with Crippen molar-refractivity contribution >= 4 is 35.1 Å². The minimum Gasteiger partial charge on any atom is -0.481 e. The number of aliphatic hydroxyl groups is 1. The zero-order chi connectivity index (χ0) is 29.2. The Morgan fingerprint density at radius 3 is 2.40 bits per heavy atom. The maximum Gasteiger partial charge on any atom is 0.303 e. The van der Waals surface area contributed by atoms with E-state index in [2.05, 4.69) is 24.7 Å². The first kappa shape index (κ1) is 29.1. The van der Waals surface area contributed by atoms with Gasteiger partial charge in [0, 0.05) is 60.8 Å². The summed E-state index contributed by atoms with van der Waals surface area (Å²) in [5, 5.41) is 20.5. The number of hydrogen-bond acceptors (Lipinski definition) is 9. The molecule has 0 bridgehead atoms. The van der Waals surface area contributed by atoms with Crippen LogP contribution in [0, 0.1) is 5.92 Å². The number of ether oxygens (including phenoxy) is 1. The molecule has 2 N–H and O–H groups in total. The molecule has 0 radical (unpaired) electrons. The van der Waals surface area contributed by atoms with Crippen molar-refractivity contribution < 1.29 is 19.7 Å². The third kappa shape index (κ3) is 6.95. The van der Waals surface area contributed by atoms with Gasteiger partial charge in [0.2, 0.25) is 11.8 Å². The van der Waals surface area contributed by atoms with Crippen LogP contribution in [0.1, 0.15) is 31.2 Å². The quantitative estimate of drug-likeness (QED) is 0.374. The lowest BCUT2D eigenvalue weighted by Gasteiger charge is -2.38. The number of likely N-dealkylation sites (tertiary alicyclic amines) is 1. The summed E-state index contributed by atoms with van der Waals surface area (Å²) < 4.78 is 6.17. The molecular formula is C30H34Cl2N6O4. The van der Waals surface area contributed by atoms with Gasteiger partial charge in [-0.1, -0.05) is 23.2 Å². The zero-order valence-corrected chi connectivity index (χ0v) is 24.7. The Kier molecular flexibility index (Phi) is 8.78. The van der Waals surface area contributed by atoms with Crippen LogP contribution < -0.4 is 9.64 Å². The molecule has 6 rings (SSSR count). The number of fused-ring (bicyclic) bond motifs is 1. The first-order chi connectivity index (χ1) is 20.3. The van der Waals surface area contributed by atoms with Crippen LogP contribution in [0.2, 0.25) is 10.0 Å². The Bertz CT molecular complexity index is 1400. The number of aromatic nitrogens is 3. The van der Waals surface area contributed by atoms with Gasteiger partial charge in [-0.15, -0.1) is 0 Å². The summed E-state index contributed by atoms with van der Waals surface area (Å²) in [6, 6.07) is 9.36. The van der Waals surface area contributed by atoms with Gasteiger partial charge in [-0.3, -0.25) is 14.6 Å². The third-order valence-corrected chi connectivity index (χ3v) is 8.84. The van der Waals surface area contributed by atoms with Crippen LogP contribution in [0.25, 0.3) is 11.3 Å². The molecule has 3 fully saturated rings. The Morgan fingerprint density at radius 2 is 1.69 bits per heavy atom. The Morgan fingerprint density at radius 1 is 0.952 bits per heavy atom. The van der Waals surface area contributed by atoms with Crippen LogP contribution in [-0.2, 0) is 11.3 Å². The smallest absolute Gasteiger partial charge is 0.303 e. The number of rotatable bonds is 8. The molecule has 0 aliphatic carbocycles. The van der Waals surface area contributed by atoms with Gasteiger partial charge in [0.15, 0.2) is 5.75 Å². The van der Waals surface area contributed by atoms with Gasteiger partial charge in [-0.05, 0) is 68.1 Å². The monoisotopic (exact) mass is 612 g/mol. The second kappa shape index (κ2) is 12.7. The number of hydrogen-bond donors (Lipinski definition) is 2. The molecule has 3 aromatic rings. The lowest BCUT2D eigenvalue weighted by Crippen LogP contribution is -2.53. The molecule has 2 aromatic heterocycles. The Balaban J connectivity index is 1.19. The van der Waals surface area contributed by atoms with E-state index in [1.165, 1.54) is 0 Å². The number of carbonyl (C=O) groups is 1. The average Bonchev–Trinajstić information content (AvgIpc) is 3.33. The molecule has 2 atom stereocenters. The van der Waals surface area contributed by atoms with Crippen molar-refractivity contribution in [1.29, 1.82) is 0 Å². The number of halogens is 2. The third-order valence-electron chi connectivity index (χ3n) is 8.41. The van der Waals surface area contributed by atoms with E-state index < -0.39 is 5.97 Å². The summed E-state index contributed by atoms with van der Waals surface area (Å²) in [6.07, 6.45) is 5.74. The number of aliphatic hydroxyl groups excluding tert-OH is 1. The summed E-state index contributed by atoms with van der Waals surface area (Å²) in [5.41, 5.74) is 2.46. The molecule has 2 unspecified atom stereocenters. The second-order valence-electron chi connectivity index (χ2n) is 11.4. The number of nitrogens with zero attached hydrogens (tertiary/aromatic N) is 6. The number of carboxylic acid groups (broad SMARTS) is 1. The van der Waals surface area contributed by atoms with Crippen molar-refractivity contribution in [1.82, 2.24) is 24.8 Å². The van der Waals surface area contributed by atoms with Crippen molar-refractivity contribution in [2.24, 2.45) is 5.92 Å². The van der Waals surface area contributed by atoms with Crippen LogP contribution >= 0.6 is 23.2 Å². The van der Waals surface area contributed by atoms with E-state index in [1.54, 1.807) is 18.5 Å². The molecule has 0 spiro atoms. The van der Waals surface area contributed by atoms with E-state index in [0.29, 0.717) is 46.4 Å². The Hall–Kier alpha value is -3.02. The summed E-state index contributed by atoms with van der Waals surface area (Å²) >= 11 is 12.6. The Labute approximate surface area is 254 Å². The van der Waals surface area contributed by atoms with Crippen LogP contribution in [0.4, 0.5) is 5.95 Å². The van der Waals surface area contributed by atoms with E-state index in [0.717, 1.165) is 63.1 Å². The van der Waals surface area contributed by atoms with Gasteiger partial charge >= 0.3 is 5.97 Å². The van der Waals surface area contributed by atoms with E-state index in [4.69, 9.17) is 38.0 Å². The van der Waals surface area contributed by atoms with E-state index in [1.807, 2.05) is 24.3 Å². The average molecular weight is 614 g/mol. The highest BCUT2D eigenvalue weighted by atomic mass is 35.5. The van der Waals surface area contributed by atoms with Gasteiger partial charge in [0.1, 0.15) is 0 Å². The summed E-state index contributed by atoms with van der Waals surface area (Å²) in [6.45, 7) is 5.66. The van der Waals surface area contributed by atoms with E-state index in [-0.39, 0.29) is 24.5 Å². The zero-order valence-electron chi connectivity index (χ0n) is 23.2. The van der Waals surface area contributed by atoms with Crippen molar-refractivity contribution in [2.45, 2.75) is 44.4 Å². The number of piperidine rings is 1. The minimum atomic E-state index is -0.735. The fraction of sp³-hybridized carbons (Fsp3) is 0.467. The first-order valence-electron chi connectivity index (χ1n) is 14.4. The molecule has 12 heteroatoms. The second-order valence-corrected chi connectivity index (χ2v) is 12.3. The number of anilines is 1. The van der Waals surface area contributed by atoms with Gasteiger partial charge < -0.3 is 19.8 Å². The van der Waals surface area contributed by atoms with Gasteiger partial charge in [0.25, 0.3) is 0 Å². The molecule has 222 valence electrons. The SMILES string of the molecule is O=C(O)CC1CCN(Cc2cc(Oc3cnc(N4CCN5CCC(O)C5C4)nc3)nc(-c3cc(Cl)cc(Cl)c3)c2)CC1. The highest BCUT2D eigenvalue weighted by Gasteiger charge is 2.37. The summed E-state index contributed by atoms with van der Waals surface area (Å²) in [7, 11) is 0. The van der Waals surface area contributed by atoms with E-state index >= 15 is 0 Å². The fourth-order valence-corrected chi connectivity index (χ4v) is 6.74. The highest BCUT2D eigenvalue weighted by Crippen LogP contribution is 2.31. The number of pyridine rings is 1. The van der Waals surface area contributed by atoms with Crippen molar-refractivity contribution in [3.63, 3.8) is 0 Å². The largest absolute Gasteiger partial charge is 0.481 e. The van der Waals surface area contributed by atoms with Crippen LogP contribution in [0.3, 0.4) is 0 Å². The van der Waals surface area contributed by atoms with Crippen molar-refractivity contribution in [3.8, 4) is 22.9 Å². The number of piperazine rings is 1. The molecule has 1 aromatic carbocycles. The molecule has 3 aliphatic heterocycles. The predicted octanol–water partition coefficient (Wildman–Crippen LogP) is 4.58. The molecule has 5 heterocycles. The lowest BCUT2D eigenvalue weighted by molar-refractivity contribution is -0.138. The molecule has 0 saturated carbocycles. The minimum absolute atomic E-state index is 0.117. The molecule has 42 heavy (non-hydrogen) atoms. The van der Waals surface area contributed by atoms with Crippen LogP contribution in [-0.4, -0.2) is 92.3 Å². The van der Waals surface area contributed by atoms with Crippen molar-refractivity contribution in [3.05, 3.63) is 58.3 Å². The lowest BCUT2D eigenvalue weighted by atomic mass is 9.93. The maximum atomic E-state index is 11.1. The number of aliphatic carboxylic acids is 1. The highest BCUT2D eigenvalue weighted by molar-refractivity contribution is 6.35. The molecule has 10 nitrogen and oxygen atoms in total. The topological polar surface area (TPSA) is 115 Å². The predicted molar refractivity (Wildman–Crippen MR) is 160 cm³/mol. The fourth-order valence-electron chi connectivity index (χ4n) is 6.21. The van der Waals surface area contributed by atoms with Crippen LogP contribution in [0.15, 0.2) is 42.7 Å². The van der Waals surface area contributed by atoms with Crippen LogP contribution in [0.5, 0.6) is 11.6 Å². The normalized spacial score (nSPS) is 21.8. The van der Waals surface area contributed by atoms with Crippen molar-refractivity contribution in [2.75, 3.05) is 44.2 Å². The summed E-state index contributed by atoms with van der Waals surface area (Å²) in [5.74, 6) is 0.963. The molecule has 3 aliphatic rings. The standard InChI is InChI=1S/C30H34Cl2N6O4/c31-22-12-21(13-23(32)14-22)25-9-20(17-36-4-1-19(2-5-36)11-29(40)41)10-28(35-25)42-24-15-33-30(34-16-24)38-8-7-37-6-3-27(39)26(37)18-38/h9-10,12-16,19,26-27,39H,1-8,11,17-18H2,(H,40,41).